The molecular formula is CdO4SZn. The normalized spacial score (nSPS) is 8.29. The van der Waals surface area contributed by atoms with Crippen LogP contribution in [0.5, 0.6) is 0 Å². The third-order valence-corrected chi connectivity index (χ3v) is 0. The summed E-state index contributed by atoms with van der Waals surface area (Å²) >= 11 is 0. The molecule has 0 saturated carbocycles. The second-order valence-corrected chi connectivity index (χ2v) is 1.22. The van der Waals surface area contributed by atoms with E-state index in [-0.39, 0.29) is 46.8 Å². The summed E-state index contributed by atoms with van der Waals surface area (Å²) in [4.78, 5) is 0. The van der Waals surface area contributed by atoms with Gasteiger partial charge in [-0.25, -0.2) is 0 Å². The van der Waals surface area contributed by atoms with Gasteiger partial charge in [-0.3, -0.25) is 8.42 Å². The van der Waals surface area contributed by atoms with Crippen molar-refractivity contribution in [3.8, 4) is 0 Å². The molecule has 4 nitrogen and oxygen atoms in total. The Morgan fingerprint density at radius 1 is 1.14 bits per heavy atom. The first-order valence-corrected chi connectivity index (χ1v) is 2.00. The van der Waals surface area contributed by atoms with Gasteiger partial charge in [0.2, 0.25) is 0 Å². The predicted molar refractivity (Wildman–Crippen MR) is 10.5 cm³/mol. The first kappa shape index (κ1) is 15.8. The summed E-state index contributed by atoms with van der Waals surface area (Å²) in [5.74, 6) is 0. The molecule has 0 radical (unpaired) electrons. The van der Waals surface area contributed by atoms with Crippen LogP contribution >= 0.6 is 0 Å². The molecule has 0 aromatic rings. The van der Waals surface area contributed by atoms with Gasteiger partial charge in [0.15, 0.2) is 0 Å². The van der Waals surface area contributed by atoms with Crippen LogP contribution in [0.15, 0.2) is 0 Å². The molecule has 0 unspecified atom stereocenters. The van der Waals surface area contributed by atoms with Crippen LogP contribution in [0.3, 0.4) is 0 Å². The van der Waals surface area contributed by atoms with Crippen LogP contribution in [0.4, 0.5) is 0 Å². The van der Waals surface area contributed by atoms with E-state index < -0.39 is 10.4 Å². The fourth-order valence-electron chi connectivity index (χ4n) is 0. The van der Waals surface area contributed by atoms with Crippen LogP contribution in [-0.4, -0.2) is 17.5 Å². The summed E-state index contributed by atoms with van der Waals surface area (Å²) in [5.41, 5.74) is 0. The van der Waals surface area contributed by atoms with Crippen molar-refractivity contribution in [1.82, 2.24) is 0 Å². The Hall–Kier alpha value is 1.42. The van der Waals surface area contributed by atoms with Crippen molar-refractivity contribution in [2.24, 2.45) is 0 Å². The van der Waals surface area contributed by atoms with Gasteiger partial charge in [0.05, 0.1) is 0 Å². The van der Waals surface area contributed by atoms with Gasteiger partial charge in [-0.1, -0.05) is 0 Å². The molecule has 34 valence electrons. The second-order valence-electron chi connectivity index (χ2n) is 0.408. The van der Waals surface area contributed by atoms with Crippen LogP contribution in [0, 0.1) is 0 Å². The first-order chi connectivity index (χ1) is 2.00. The van der Waals surface area contributed by atoms with E-state index in [0.29, 0.717) is 0 Å². The molecule has 0 rings (SSSR count). The van der Waals surface area contributed by atoms with Crippen LogP contribution < -0.4 is 0 Å². The molecule has 0 N–H and O–H groups in total. The summed E-state index contributed by atoms with van der Waals surface area (Å²) in [6.07, 6.45) is 0. The summed E-state index contributed by atoms with van der Waals surface area (Å²) < 4.78 is 34.1. The fourth-order valence-corrected chi connectivity index (χ4v) is 0. The summed E-state index contributed by atoms with van der Waals surface area (Å²) in [5, 5.41) is 0. The van der Waals surface area contributed by atoms with E-state index in [0.717, 1.165) is 0 Å². The molecule has 0 aliphatic heterocycles. The van der Waals surface area contributed by atoms with Gasteiger partial charge in [-0.05, 0) is 0 Å². The Morgan fingerprint density at radius 2 is 1.14 bits per heavy atom. The van der Waals surface area contributed by atoms with E-state index in [2.05, 4.69) is 0 Å². The van der Waals surface area contributed by atoms with Crippen LogP contribution in [0.2, 0.25) is 0 Å². The van der Waals surface area contributed by atoms with Crippen LogP contribution in [0.1, 0.15) is 0 Å². The molecular weight excluding hydrogens is 274 g/mol. The van der Waals surface area contributed by atoms with Gasteiger partial charge in [0.1, 0.15) is 0 Å². The van der Waals surface area contributed by atoms with Gasteiger partial charge >= 0.3 is 19.5 Å². The van der Waals surface area contributed by atoms with Crippen molar-refractivity contribution in [1.29, 1.82) is 0 Å². The molecule has 0 fully saturated rings. The number of hydrogen-bond donors (Lipinski definition) is 0. The monoisotopic (exact) mass is 274 g/mol. The first-order valence-electron chi connectivity index (χ1n) is 0.667. The molecule has 0 aromatic carbocycles. The molecule has 0 aliphatic rings. The van der Waals surface area contributed by atoms with E-state index in [9.17, 15) is 0 Å². The summed E-state index contributed by atoms with van der Waals surface area (Å²) in [6, 6.07) is 0. The second kappa shape index (κ2) is 5.55. The minimum Gasteiger partial charge on any atom is -0.759 e. The van der Waals surface area contributed by atoms with E-state index >= 15 is 0 Å². The van der Waals surface area contributed by atoms with Crippen molar-refractivity contribution >= 4 is 10.4 Å². The smallest absolute Gasteiger partial charge is 0.759 e. The van der Waals surface area contributed by atoms with Gasteiger partial charge in [0.25, 0.3) is 0 Å². The van der Waals surface area contributed by atoms with Gasteiger partial charge in [-0.15, -0.1) is 0 Å². The molecule has 0 heterocycles. The Bertz CT molecular complexity index is 94.9. The van der Waals surface area contributed by atoms with E-state index in [4.69, 9.17) is 17.5 Å². The quantitative estimate of drug-likeness (QED) is 0.311. The minimum absolute atomic E-state index is 0. The maximum Gasteiger partial charge on any atom is 2.00 e. The maximum atomic E-state index is 8.52. The average Bonchev–Trinajstić information content (AvgIpc) is 0.722. The van der Waals surface area contributed by atoms with E-state index in [1.165, 1.54) is 0 Å². The van der Waals surface area contributed by atoms with Crippen LogP contribution in [-0.2, 0) is 57.2 Å². The largest absolute Gasteiger partial charge is 2.00 e. The molecule has 0 aromatic heterocycles. The van der Waals surface area contributed by atoms with Crippen LogP contribution in [0.25, 0.3) is 0 Å². The van der Waals surface area contributed by atoms with Gasteiger partial charge in [0, 0.05) is 37.7 Å². The molecule has 0 amide bonds. The van der Waals surface area contributed by atoms with Gasteiger partial charge in [-0.2, -0.15) is 0 Å². The minimum atomic E-state index is -5.17. The van der Waals surface area contributed by atoms with E-state index in [1.807, 2.05) is 0 Å². The fraction of sp³-hybridized carbons (Fsp3) is 0. The summed E-state index contributed by atoms with van der Waals surface area (Å²) in [6.45, 7) is 0. The van der Waals surface area contributed by atoms with Crippen molar-refractivity contribution in [3.05, 3.63) is 0 Å². The SMILES string of the molecule is O=S(=O)([O-])[O-].[Cd].[Zn+2]. The average molecular weight is 274 g/mol. The van der Waals surface area contributed by atoms with Crippen molar-refractivity contribution in [3.63, 3.8) is 0 Å². The number of hydrogen-bond acceptors (Lipinski definition) is 4. The van der Waals surface area contributed by atoms with Crippen molar-refractivity contribution in [2.75, 3.05) is 0 Å². The zero-order valence-corrected chi connectivity index (χ0v) is 11.3. The molecule has 0 aliphatic carbocycles. The predicted octanol–water partition coefficient (Wildman–Crippen LogP) is -1.34. The number of rotatable bonds is 0. The molecule has 7 heavy (non-hydrogen) atoms. The zero-order valence-electron chi connectivity index (χ0n) is 3.46. The molecule has 7 heteroatoms. The standard InChI is InChI=1S/Cd.H2O4S.Zn/c;1-5(2,3)4;/h;(H2,1,2,3,4);/q;;+2/p-2. The van der Waals surface area contributed by atoms with Gasteiger partial charge < -0.3 is 9.11 Å². The molecule has 0 saturated heterocycles. The summed E-state index contributed by atoms with van der Waals surface area (Å²) in [7, 11) is -5.17. The Labute approximate surface area is 74.2 Å². The molecule has 0 spiro atoms. The third-order valence-electron chi connectivity index (χ3n) is 0. The topological polar surface area (TPSA) is 80.3 Å². The molecule has 0 bridgehead atoms. The Morgan fingerprint density at radius 3 is 1.14 bits per heavy atom. The van der Waals surface area contributed by atoms with Crippen molar-refractivity contribution < 1.29 is 64.3 Å². The molecule has 0 atom stereocenters. The maximum absolute atomic E-state index is 8.52. The third kappa shape index (κ3) is 109. The Kier molecular flexibility index (Phi) is 12.5. The van der Waals surface area contributed by atoms with Crippen molar-refractivity contribution in [2.45, 2.75) is 0 Å². The van der Waals surface area contributed by atoms with E-state index in [1.54, 1.807) is 0 Å². The Balaban J connectivity index is -0.0000000800. The zero-order chi connectivity index (χ0) is 4.50.